The molecule has 0 aromatic heterocycles. The predicted octanol–water partition coefficient (Wildman–Crippen LogP) is 5.03. The Bertz CT molecular complexity index is 619. The maximum atomic E-state index is 13.8. The molecule has 0 saturated heterocycles. The molecule has 0 aliphatic heterocycles. The molecule has 2 nitrogen and oxygen atoms in total. The van der Waals surface area contributed by atoms with E-state index in [9.17, 15) is 4.39 Å². The van der Waals surface area contributed by atoms with Gasteiger partial charge in [0.15, 0.2) is 5.11 Å². The molecule has 0 radical (unpaired) electrons. The monoisotopic (exact) mass is 366 g/mol. The SMILES string of the molecule is CC[C@H](NC(=S)Nc1ccc(Br)cc1F)c1ccccc1. The zero-order valence-corrected chi connectivity index (χ0v) is 14.0. The van der Waals surface area contributed by atoms with Crippen LogP contribution in [0.3, 0.4) is 0 Å². The minimum absolute atomic E-state index is 0.102. The molecule has 0 fully saturated rings. The molecule has 5 heteroatoms. The summed E-state index contributed by atoms with van der Waals surface area (Å²) >= 11 is 8.50. The van der Waals surface area contributed by atoms with Gasteiger partial charge in [0.25, 0.3) is 0 Å². The van der Waals surface area contributed by atoms with Crippen LogP contribution in [0.5, 0.6) is 0 Å². The van der Waals surface area contributed by atoms with E-state index in [0.717, 1.165) is 12.0 Å². The van der Waals surface area contributed by atoms with E-state index in [4.69, 9.17) is 12.2 Å². The zero-order valence-electron chi connectivity index (χ0n) is 11.6. The van der Waals surface area contributed by atoms with Crippen LogP contribution in [0.4, 0.5) is 10.1 Å². The quantitative estimate of drug-likeness (QED) is 0.742. The Morgan fingerprint density at radius 3 is 2.57 bits per heavy atom. The minimum atomic E-state index is -0.346. The summed E-state index contributed by atoms with van der Waals surface area (Å²) in [6.45, 7) is 2.08. The summed E-state index contributed by atoms with van der Waals surface area (Å²) in [4.78, 5) is 0. The van der Waals surface area contributed by atoms with Crippen LogP contribution in [0.15, 0.2) is 53.0 Å². The first-order valence-corrected chi connectivity index (χ1v) is 7.87. The maximum absolute atomic E-state index is 13.8. The van der Waals surface area contributed by atoms with Gasteiger partial charge >= 0.3 is 0 Å². The summed E-state index contributed by atoms with van der Waals surface area (Å²) < 4.78 is 14.5. The average molecular weight is 367 g/mol. The van der Waals surface area contributed by atoms with Crippen molar-refractivity contribution in [3.8, 4) is 0 Å². The van der Waals surface area contributed by atoms with E-state index < -0.39 is 0 Å². The van der Waals surface area contributed by atoms with E-state index in [2.05, 4.69) is 33.5 Å². The van der Waals surface area contributed by atoms with E-state index >= 15 is 0 Å². The third-order valence-corrected chi connectivity index (χ3v) is 3.81. The second kappa shape index (κ2) is 7.52. The van der Waals surface area contributed by atoms with Gasteiger partial charge < -0.3 is 10.6 Å². The first-order chi connectivity index (χ1) is 10.1. The second-order valence-electron chi connectivity index (χ2n) is 4.59. The number of nitrogens with one attached hydrogen (secondary N) is 2. The molecule has 2 N–H and O–H groups in total. The molecule has 1 atom stereocenters. The van der Waals surface area contributed by atoms with Crippen LogP contribution in [0.2, 0.25) is 0 Å². The third-order valence-electron chi connectivity index (χ3n) is 3.09. The molecule has 0 heterocycles. The van der Waals surface area contributed by atoms with Crippen molar-refractivity contribution < 1.29 is 4.39 Å². The minimum Gasteiger partial charge on any atom is -0.356 e. The van der Waals surface area contributed by atoms with E-state index in [-0.39, 0.29) is 11.9 Å². The summed E-state index contributed by atoms with van der Waals surface area (Å²) in [5.41, 5.74) is 1.51. The van der Waals surface area contributed by atoms with Gasteiger partial charge in [-0.15, -0.1) is 0 Å². The molecule has 0 aliphatic carbocycles. The lowest BCUT2D eigenvalue weighted by Gasteiger charge is -2.20. The summed E-state index contributed by atoms with van der Waals surface area (Å²) in [5, 5.41) is 6.52. The number of rotatable bonds is 4. The van der Waals surface area contributed by atoms with Crippen LogP contribution >= 0.6 is 28.1 Å². The highest BCUT2D eigenvalue weighted by molar-refractivity contribution is 9.10. The molecule has 2 rings (SSSR count). The van der Waals surface area contributed by atoms with E-state index in [1.54, 1.807) is 12.1 Å². The van der Waals surface area contributed by atoms with Crippen molar-refractivity contribution in [3.05, 3.63) is 64.4 Å². The number of anilines is 1. The highest BCUT2D eigenvalue weighted by Crippen LogP contribution is 2.20. The first-order valence-electron chi connectivity index (χ1n) is 6.67. The highest BCUT2D eigenvalue weighted by Gasteiger charge is 2.11. The summed E-state index contributed by atoms with van der Waals surface area (Å²) in [6.07, 6.45) is 0.884. The van der Waals surface area contributed by atoms with Crippen molar-refractivity contribution in [3.63, 3.8) is 0 Å². The molecule has 2 aromatic carbocycles. The number of halogens is 2. The summed E-state index contributed by atoms with van der Waals surface area (Å²) in [5.74, 6) is -0.346. The maximum Gasteiger partial charge on any atom is 0.171 e. The molecule has 0 bridgehead atoms. The second-order valence-corrected chi connectivity index (χ2v) is 5.92. The lowest BCUT2D eigenvalue weighted by Crippen LogP contribution is -2.32. The Balaban J connectivity index is 2.03. The highest BCUT2D eigenvalue weighted by atomic mass is 79.9. The van der Waals surface area contributed by atoms with Crippen LogP contribution in [-0.4, -0.2) is 5.11 Å². The van der Waals surface area contributed by atoms with Gasteiger partial charge in [-0.1, -0.05) is 53.2 Å². The molecule has 0 spiro atoms. The third kappa shape index (κ3) is 4.51. The molecule has 0 saturated carbocycles. The molecule has 110 valence electrons. The summed E-state index contributed by atoms with van der Waals surface area (Å²) in [6, 6.07) is 15.0. The number of thiocarbonyl (C=S) groups is 1. The Hall–Kier alpha value is -1.46. The van der Waals surface area contributed by atoms with Gasteiger partial charge in [0.05, 0.1) is 11.7 Å². The first kappa shape index (κ1) is 15.9. The van der Waals surface area contributed by atoms with E-state index in [0.29, 0.717) is 15.3 Å². The fourth-order valence-electron chi connectivity index (χ4n) is 2.01. The summed E-state index contributed by atoms with van der Waals surface area (Å²) in [7, 11) is 0. The number of benzene rings is 2. The fourth-order valence-corrected chi connectivity index (χ4v) is 2.60. The normalized spacial score (nSPS) is 11.8. The Kier molecular flexibility index (Phi) is 5.70. The molecule has 21 heavy (non-hydrogen) atoms. The number of hydrogen-bond acceptors (Lipinski definition) is 1. The topological polar surface area (TPSA) is 24.1 Å². The van der Waals surface area contributed by atoms with Gasteiger partial charge in [0.1, 0.15) is 5.82 Å². The molecular weight excluding hydrogens is 351 g/mol. The molecular formula is C16H16BrFN2S. The van der Waals surface area contributed by atoms with Crippen molar-refractivity contribution in [2.45, 2.75) is 19.4 Å². The van der Waals surface area contributed by atoms with Crippen molar-refractivity contribution in [1.82, 2.24) is 5.32 Å². The Labute approximate surface area is 137 Å². The van der Waals surface area contributed by atoms with Crippen LogP contribution in [-0.2, 0) is 0 Å². The van der Waals surface area contributed by atoms with Gasteiger partial charge in [-0.05, 0) is 42.4 Å². The van der Waals surface area contributed by atoms with E-state index in [1.807, 2.05) is 30.3 Å². The van der Waals surface area contributed by atoms with Gasteiger partial charge in [-0.25, -0.2) is 4.39 Å². The molecule has 2 aromatic rings. The van der Waals surface area contributed by atoms with Crippen LogP contribution in [0, 0.1) is 5.82 Å². The number of hydrogen-bond donors (Lipinski definition) is 2. The molecule has 0 unspecified atom stereocenters. The van der Waals surface area contributed by atoms with Crippen molar-refractivity contribution in [1.29, 1.82) is 0 Å². The van der Waals surface area contributed by atoms with Crippen LogP contribution < -0.4 is 10.6 Å². The Morgan fingerprint density at radius 2 is 1.95 bits per heavy atom. The fraction of sp³-hybridized carbons (Fsp3) is 0.188. The van der Waals surface area contributed by atoms with Crippen molar-refractivity contribution in [2.24, 2.45) is 0 Å². The Morgan fingerprint density at radius 1 is 1.24 bits per heavy atom. The van der Waals surface area contributed by atoms with Crippen molar-refractivity contribution >= 4 is 38.9 Å². The smallest absolute Gasteiger partial charge is 0.171 e. The average Bonchev–Trinajstić information content (AvgIpc) is 2.48. The van der Waals surface area contributed by atoms with Gasteiger partial charge in [0, 0.05) is 4.47 Å². The molecule has 0 aliphatic rings. The predicted molar refractivity (Wildman–Crippen MR) is 92.9 cm³/mol. The molecule has 0 amide bonds. The van der Waals surface area contributed by atoms with Gasteiger partial charge in [0.2, 0.25) is 0 Å². The van der Waals surface area contributed by atoms with Gasteiger partial charge in [-0.2, -0.15) is 0 Å². The zero-order chi connectivity index (χ0) is 15.2. The van der Waals surface area contributed by atoms with Crippen LogP contribution in [0.1, 0.15) is 24.9 Å². The van der Waals surface area contributed by atoms with Gasteiger partial charge in [-0.3, -0.25) is 0 Å². The lowest BCUT2D eigenvalue weighted by atomic mass is 10.1. The van der Waals surface area contributed by atoms with Crippen molar-refractivity contribution in [2.75, 3.05) is 5.32 Å². The standard InChI is InChI=1S/C16H16BrFN2S/c1-2-14(11-6-4-3-5-7-11)19-16(21)20-15-9-8-12(17)10-13(15)18/h3-10,14H,2H2,1H3,(H2,19,20,21)/t14-/m0/s1. The van der Waals surface area contributed by atoms with E-state index in [1.165, 1.54) is 6.07 Å². The lowest BCUT2D eigenvalue weighted by molar-refractivity contribution is 0.623. The largest absolute Gasteiger partial charge is 0.356 e. The van der Waals surface area contributed by atoms with Crippen LogP contribution in [0.25, 0.3) is 0 Å².